The van der Waals surface area contributed by atoms with E-state index in [4.69, 9.17) is 10.00 Å². The van der Waals surface area contributed by atoms with Crippen LogP contribution in [0.1, 0.15) is 11.1 Å². The van der Waals surface area contributed by atoms with Crippen molar-refractivity contribution in [2.75, 3.05) is 13.2 Å². The van der Waals surface area contributed by atoms with Crippen molar-refractivity contribution in [1.29, 1.82) is 5.26 Å². The van der Waals surface area contributed by atoms with E-state index in [2.05, 4.69) is 5.32 Å². The van der Waals surface area contributed by atoms with E-state index >= 15 is 0 Å². The largest absolute Gasteiger partial charge is 0.492 e. The van der Waals surface area contributed by atoms with Gasteiger partial charge in [0.25, 0.3) is 0 Å². The zero-order chi connectivity index (χ0) is 14.9. The predicted octanol–water partition coefficient (Wildman–Crippen LogP) is 2.30. The fourth-order valence-corrected chi connectivity index (χ4v) is 1.82. The van der Waals surface area contributed by atoms with Gasteiger partial charge in [-0.25, -0.2) is 0 Å². The van der Waals surface area contributed by atoms with Gasteiger partial charge >= 0.3 is 0 Å². The lowest BCUT2D eigenvalue weighted by atomic mass is 10.1. The van der Waals surface area contributed by atoms with Crippen LogP contribution in [0.5, 0.6) is 5.75 Å². The minimum atomic E-state index is -0.0589. The van der Waals surface area contributed by atoms with Crippen molar-refractivity contribution in [3.8, 4) is 11.8 Å². The molecule has 0 atom stereocenters. The van der Waals surface area contributed by atoms with Crippen molar-refractivity contribution >= 4 is 5.91 Å². The van der Waals surface area contributed by atoms with Crippen LogP contribution in [0.2, 0.25) is 0 Å². The van der Waals surface area contributed by atoms with E-state index in [1.54, 1.807) is 24.3 Å². The van der Waals surface area contributed by atoms with Gasteiger partial charge < -0.3 is 10.1 Å². The lowest BCUT2D eigenvalue weighted by Gasteiger charge is -2.07. The third-order valence-electron chi connectivity index (χ3n) is 2.88. The number of nitriles is 1. The molecule has 4 heteroatoms. The number of rotatable bonds is 6. The highest BCUT2D eigenvalue weighted by Crippen LogP contribution is 2.07. The minimum Gasteiger partial charge on any atom is -0.492 e. The van der Waals surface area contributed by atoms with Gasteiger partial charge in [-0.2, -0.15) is 5.26 Å². The first-order valence-electron chi connectivity index (χ1n) is 6.71. The molecule has 106 valence electrons. The first-order valence-corrected chi connectivity index (χ1v) is 6.71. The number of nitrogens with zero attached hydrogens (tertiary/aromatic N) is 1. The predicted molar refractivity (Wildman–Crippen MR) is 79.8 cm³/mol. The van der Waals surface area contributed by atoms with Gasteiger partial charge in [0.05, 0.1) is 24.6 Å². The first kappa shape index (κ1) is 14.6. The molecular formula is C17H16N2O2. The molecule has 0 radical (unpaired) electrons. The maximum atomic E-state index is 11.7. The lowest BCUT2D eigenvalue weighted by Crippen LogP contribution is -2.29. The van der Waals surface area contributed by atoms with Crippen molar-refractivity contribution in [1.82, 2.24) is 5.32 Å². The Bertz CT molecular complexity index is 615. The molecular weight excluding hydrogens is 264 g/mol. The van der Waals surface area contributed by atoms with E-state index in [0.717, 1.165) is 11.3 Å². The first-order chi connectivity index (χ1) is 10.3. The highest BCUT2D eigenvalue weighted by molar-refractivity contribution is 5.78. The second kappa shape index (κ2) is 7.71. The monoisotopic (exact) mass is 280 g/mol. The Balaban J connectivity index is 1.69. The number of hydrogen-bond donors (Lipinski definition) is 1. The van der Waals surface area contributed by atoms with Gasteiger partial charge in [0.15, 0.2) is 0 Å². The van der Waals surface area contributed by atoms with Crippen LogP contribution in [0, 0.1) is 11.3 Å². The van der Waals surface area contributed by atoms with E-state index in [1.807, 2.05) is 36.4 Å². The summed E-state index contributed by atoms with van der Waals surface area (Å²) in [4.78, 5) is 11.7. The number of carbonyl (C=O) groups excluding carboxylic acids is 1. The molecule has 0 aliphatic rings. The standard InChI is InChI=1S/C17H16N2O2/c18-13-15-8-6-14(7-9-15)12-17(20)19-10-11-21-16-4-2-1-3-5-16/h1-9H,10-12H2,(H,19,20). The summed E-state index contributed by atoms with van der Waals surface area (Å²) in [7, 11) is 0. The van der Waals surface area contributed by atoms with Gasteiger partial charge in [0.1, 0.15) is 12.4 Å². The molecule has 21 heavy (non-hydrogen) atoms. The molecule has 0 saturated heterocycles. The molecule has 1 amide bonds. The maximum Gasteiger partial charge on any atom is 0.224 e. The Morgan fingerprint density at radius 1 is 1.10 bits per heavy atom. The Morgan fingerprint density at radius 3 is 2.48 bits per heavy atom. The second-order valence-corrected chi connectivity index (χ2v) is 4.50. The van der Waals surface area contributed by atoms with Crippen molar-refractivity contribution in [2.24, 2.45) is 0 Å². The Hall–Kier alpha value is -2.80. The fourth-order valence-electron chi connectivity index (χ4n) is 1.82. The summed E-state index contributed by atoms with van der Waals surface area (Å²) < 4.78 is 5.49. The highest BCUT2D eigenvalue weighted by atomic mass is 16.5. The quantitative estimate of drug-likeness (QED) is 0.826. The Labute approximate surface area is 124 Å². The lowest BCUT2D eigenvalue weighted by molar-refractivity contribution is -0.120. The molecule has 0 aromatic heterocycles. The average Bonchev–Trinajstić information content (AvgIpc) is 2.53. The third-order valence-corrected chi connectivity index (χ3v) is 2.88. The van der Waals surface area contributed by atoms with Crippen LogP contribution in [0.3, 0.4) is 0 Å². The average molecular weight is 280 g/mol. The molecule has 0 bridgehead atoms. The SMILES string of the molecule is N#Cc1ccc(CC(=O)NCCOc2ccccc2)cc1. The zero-order valence-corrected chi connectivity index (χ0v) is 11.6. The van der Waals surface area contributed by atoms with Crippen LogP contribution >= 0.6 is 0 Å². The molecule has 0 aliphatic heterocycles. The van der Waals surface area contributed by atoms with E-state index in [1.165, 1.54) is 0 Å². The fraction of sp³-hybridized carbons (Fsp3) is 0.176. The molecule has 4 nitrogen and oxygen atoms in total. The van der Waals surface area contributed by atoms with E-state index in [9.17, 15) is 4.79 Å². The minimum absolute atomic E-state index is 0.0589. The number of benzene rings is 2. The molecule has 0 unspecified atom stereocenters. The Morgan fingerprint density at radius 2 is 1.81 bits per heavy atom. The summed E-state index contributed by atoms with van der Waals surface area (Å²) in [6.07, 6.45) is 0.303. The maximum absolute atomic E-state index is 11.7. The number of hydrogen-bond acceptors (Lipinski definition) is 3. The van der Waals surface area contributed by atoms with Crippen LogP contribution < -0.4 is 10.1 Å². The molecule has 0 aliphatic carbocycles. The molecule has 2 rings (SSSR count). The summed E-state index contributed by atoms with van der Waals surface area (Å²) in [5.74, 6) is 0.732. The van der Waals surface area contributed by atoms with Crippen LogP contribution in [0.4, 0.5) is 0 Å². The number of ether oxygens (including phenoxy) is 1. The van der Waals surface area contributed by atoms with Gasteiger partial charge in [-0.1, -0.05) is 30.3 Å². The van der Waals surface area contributed by atoms with Crippen molar-refractivity contribution in [3.63, 3.8) is 0 Å². The van der Waals surface area contributed by atoms with Crippen LogP contribution in [-0.2, 0) is 11.2 Å². The molecule has 2 aromatic rings. The van der Waals surface area contributed by atoms with Gasteiger partial charge in [-0.15, -0.1) is 0 Å². The summed E-state index contributed by atoms with van der Waals surface area (Å²) >= 11 is 0. The van der Waals surface area contributed by atoms with Gasteiger partial charge in [0, 0.05) is 0 Å². The molecule has 0 heterocycles. The number of carbonyl (C=O) groups is 1. The number of para-hydroxylation sites is 1. The smallest absolute Gasteiger partial charge is 0.224 e. The van der Waals surface area contributed by atoms with Crippen molar-refractivity contribution in [2.45, 2.75) is 6.42 Å². The molecule has 1 N–H and O–H groups in total. The van der Waals surface area contributed by atoms with Crippen LogP contribution in [0.15, 0.2) is 54.6 Å². The van der Waals surface area contributed by atoms with Gasteiger partial charge in [-0.05, 0) is 29.8 Å². The normalized spacial score (nSPS) is 9.67. The van der Waals surface area contributed by atoms with Gasteiger partial charge in [-0.3, -0.25) is 4.79 Å². The summed E-state index contributed by atoms with van der Waals surface area (Å²) in [5, 5.41) is 11.5. The topological polar surface area (TPSA) is 62.1 Å². The van der Waals surface area contributed by atoms with Crippen LogP contribution in [0.25, 0.3) is 0 Å². The van der Waals surface area contributed by atoms with Crippen molar-refractivity contribution < 1.29 is 9.53 Å². The summed E-state index contributed by atoms with van der Waals surface area (Å²) in [6.45, 7) is 0.896. The summed E-state index contributed by atoms with van der Waals surface area (Å²) in [6, 6.07) is 18.5. The highest BCUT2D eigenvalue weighted by Gasteiger charge is 2.03. The Kier molecular flexibility index (Phi) is 5.36. The molecule has 0 spiro atoms. The third kappa shape index (κ3) is 5.00. The molecule has 0 fully saturated rings. The van der Waals surface area contributed by atoms with Gasteiger partial charge in [0.2, 0.25) is 5.91 Å². The van der Waals surface area contributed by atoms with E-state index in [0.29, 0.717) is 25.1 Å². The van der Waals surface area contributed by atoms with E-state index in [-0.39, 0.29) is 5.91 Å². The number of amides is 1. The zero-order valence-electron chi connectivity index (χ0n) is 11.6. The number of nitrogens with one attached hydrogen (secondary N) is 1. The van der Waals surface area contributed by atoms with E-state index < -0.39 is 0 Å². The summed E-state index contributed by atoms with van der Waals surface area (Å²) in [5.41, 5.74) is 1.48. The second-order valence-electron chi connectivity index (χ2n) is 4.50. The molecule has 0 saturated carbocycles. The molecule has 2 aromatic carbocycles. The van der Waals surface area contributed by atoms with Crippen molar-refractivity contribution in [3.05, 3.63) is 65.7 Å². The van der Waals surface area contributed by atoms with Crippen LogP contribution in [-0.4, -0.2) is 19.1 Å².